The number of benzene rings is 4. The second kappa shape index (κ2) is 8.04. The lowest BCUT2D eigenvalue weighted by Gasteiger charge is -2.18. The van der Waals surface area contributed by atoms with Crippen molar-refractivity contribution in [3.63, 3.8) is 0 Å². The molecule has 5 heteroatoms. The summed E-state index contributed by atoms with van der Waals surface area (Å²) in [7, 11) is 0. The number of imidazole rings is 1. The Hall–Kier alpha value is -3.44. The molecule has 0 N–H and O–H groups in total. The van der Waals surface area contributed by atoms with Crippen LogP contribution in [0.4, 0.5) is 4.39 Å². The smallest absolute Gasteiger partial charge is 0.163 e. The Kier molecular flexibility index (Phi) is 5.13. The van der Waals surface area contributed by atoms with Crippen LogP contribution in [0.15, 0.2) is 75.6 Å². The summed E-state index contributed by atoms with van der Waals surface area (Å²) in [5, 5.41) is 2.11. The Morgan fingerprint density at radius 1 is 0.889 bits per heavy atom. The van der Waals surface area contributed by atoms with E-state index in [1.54, 1.807) is 6.07 Å². The van der Waals surface area contributed by atoms with Gasteiger partial charge in [0, 0.05) is 16.3 Å². The van der Waals surface area contributed by atoms with Crippen molar-refractivity contribution in [3.8, 4) is 17.1 Å². The van der Waals surface area contributed by atoms with Crippen LogP contribution in [0.5, 0.6) is 0 Å². The van der Waals surface area contributed by atoms with E-state index in [1.807, 2.05) is 22.8 Å². The maximum absolute atomic E-state index is 14.7. The molecule has 0 unspecified atom stereocenters. The zero-order valence-corrected chi connectivity index (χ0v) is 22.5. The Balaban J connectivity index is 1.75. The number of aryl methyl sites for hydroxylation is 2. The predicted molar refractivity (Wildman–Crippen MR) is 150 cm³/mol. The summed E-state index contributed by atoms with van der Waals surface area (Å²) in [6.45, 7) is 10.8. The van der Waals surface area contributed by atoms with E-state index in [1.165, 1.54) is 11.6 Å². The Morgan fingerprint density at radius 2 is 1.61 bits per heavy atom. The molecule has 0 aliphatic carbocycles. The van der Waals surface area contributed by atoms with Crippen molar-refractivity contribution in [3.05, 3.63) is 93.7 Å². The van der Waals surface area contributed by atoms with Crippen LogP contribution in [0.1, 0.15) is 37.5 Å². The molecule has 6 aromatic rings. The van der Waals surface area contributed by atoms with Crippen LogP contribution in [0.3, 0.4) is 0 Å². The quantitative estimate of drug-likeness (QED) is 0.219. The highest BCUT2D eigenvalue weighted by atomic mass is 79.9. The lowest BCUT2D eigenvalue weighted by molar-refractivity contribution is 0.590. The summed E-state index contributed by atoms with van der Waals surface area (Å²) in [5.74, 6) is 0.441. The van der Waals surface area contributed by atoms with Crippen molar-refractivity contribution in [2.45, 2.75) is 40.0 Å². The van der Waals surface area contributed by atoms with Crippen molar-refractivity contribution < 1.29 is 8.81 Å². The van der Waals surface area contributed by atoms with Crippen molar-refractivity contribution in [1.29, 1.82) is 0 Å². The van der Waals surface area contributed by atoms with Gasteiger partial charge >= 0.3 is 0 Å². The van der Waals surface area contributed by atoms with E-state index in [9.17, 15) is 4.39 Å². The van der Waals surface area contributed by atoms with Crippen molar-refractivity contribution in [2.24, 2.45) is 0 Å². The van der Waals surface area contributed by atoms with Gasteiger partial charge in [0.1, 0.15) is 22.7 Å². The largest absolute Gasteiger partial charge is 0.454 e. The van der Waals surface area contributed by atoms with E-state index in [4.69, 9.17) is 9.40 Å². The van der Waals surface area contributed by atoms with Crippen molar-refractivity contribution in [2.75, 3.05) is 0 Å². The molecule has 3 nitrogen and oxygen atoms in total. The highest BCUT2D eigenvalue weighted by molar-refractivity contribution is 9.10. The number of nitrogens with zero attached hydrogens (tertiary/aromatic N) is 2. The first-order valence-electron chi connectivity index (χ1n) is 12.0. The second-order valence-electron chi connectivity index (χ2n) is 10.5. The summed E-state index contributed by atoms with van der Waals surface area (Å²) >= 11 is 3.49. The molecule has 2 aromatic heterocycles. The maximum atomic E-state index is 14.7. The van der Waals surface area contributed by atoms with Crippen LogP contribution >= 0.6 is 15.9 Å². The molecule has 0 fully saturated rings. The third kappa shape index (κ3) is 3.40. The number of rotatable bonds is 2. The van der Waals surface area contributed by atoms with Gasteiger partial charge in [0.05, 0.1) is 15.7 Å². The number of hydrogen-bond donors (Lipinski definition) is 0. The molecule has 0 atom stereocenters. The molecule has 0 bridgehead atoms. The van der Waals surface area contributed by atoms with Gasteiger partial charge in [-0.3, -0.25) is 4.57 Å². The van der Waals surface area contributed by atoms with Crippen LogP contribution in [0.2, 0.25) is 0 Å². The average molecular weight is 541 g/mol. The highest BCUT2D eigenvalue weighted by Crippen LogP contribution is 2.41. The lowest BCUT2D eigenvalue weighted by atomic mass is 9.86. The monoisotopic (exact) mass is 540 g/mol. The first-order chi connectivity index (χ1) is 17.1. The van der Waals surface area contributed by atoms with E-state index in [0.717, 1.165) is 55.5 Å². The fourth-order valence-electron chi connectivity index (χ4n) is 5.08. The van der Waals surface area contributed by atoms with Crippen LogP contribution < -0.4 is 0 Å². The normalized spacial score (nSPS) is 12.3. The number of hydrogen-bond acceptors (Lipinski definition) is 2. The van der Waals surface area contributed by atoms with E-state index in [0.29, 0.717) is 10.2 Å². The number of halogens is 2. The molecule has 6 rings (SSSR count). The molecule has 0 amide bonds. The summed E-state index contributed by atoms with van der Waals surface area (Å²) in [5.41, 5.74) is 8.42. The Morgan fingerprint density at radius 3 is 2.33 bits per heavy atom. The molecule has 36 heavy (non-hydrogen) atoms. The molecular weight excluding hydrogens is 515 g/mol. The topological polar surface area (TPSA) is 31.0 Å². The summed E-state index contributed by atoms with van der Waals surface area (Å²) < 4.78 is 23.5. The summed E-state index contributed by atoms with van der Waals surface area (Å²) in [4.78, 5) is 5.17. The molecule has 0 saturated carbocycles. The van der Waals surface area contributed by atoms with Gasteiger partial charge in [-0.2, -0.15) is 0 Å². The minimum atomic E-state index is -0.318. The minimum absolute atomic E-state index is 0.0304. The van der Waals surface area contributed by atoms with E-state index in [-0.39, 0.29) is 11.2 Å². The van der Waals surface area contributed by atoms with Crippen LogP contribution in [0, 0.1) is 19.7 Å². The number of fused-ring (bicyclic) bond motifs is 5. The molecule has 0 radical (unpaired) electrons. The van der Waals surface area contributed by atoms with Gasteiger partial charge in [-0.25, -0.2) is 9.37 Å². The Labute approximate surface area is 217 Å². The standard InChI is InChI=1S/C31H26BrFN2O/c1-17-8-6-9-18(2)26(17)30-34-28-24(35(30)23-11-7-10-22(33)27(23)32)14-13-20-21-16-19(31(3,4)5)12-15-25(21)36-29(20)28/h6-16H,1-5H3. The molecule has 0 aliphatic rings. The first kappa shape index (κ1) is 23.0. The van der Waals surface area contributed by atoms with Gasteiger partial charge in [0.2, 0.25) is 0 Å². The minimum Gasteiger partial charge on any atom is -0.454 e. The predicted octanol–water partition coefficient (Wildman–Crippen LogP) is 9.41. The Bertz CT molecular complexity index is 1800. The highest BCUT2D eigenvalue weighted by Gasteiger charge is 2.24. The average Bonchev–Trinajstić information content (AvgIpc) is 3.38. The van der Waals surface area contributed by atoms with Crippen molar-refractivity contribution in [1.82, 2.24) is 9.55 Å². The second-order valence-corrected chi connectivity index (χ2v) is 11.3. The number of furan rings is 1. The van der Waals surface area contributed by atoms with E-state index < -0.39 is 0 Å². The SMILES string of the molecule is Cc1cccc(C)c1-c1nc2c3oc4ccc(C(C)(C)C)cc4c3ccc2n1-c1cccc(F)c1Br. The zero-order chi connectivity index (χ0) is 25.4. The lowest BCUT2D eigenvalue weighted by Crippen LogP contribution is -2.10. The molecule has 2 heterocycles. The van der Waals surface area contributed by atoms with E-state index in [2.05, 4.69) is 86.9 Å². The van der Waals surface area contributed by atoms with Gasteiger partial charge in [-0.15, -0.1) is 0 Å². The van der Waals surface area contributed by atoms with Crippen LogP contribution in [-0.2, 0) is 5.41 Å². The molecule has 0 aliphatic heterocycles. The maximum Gasteiger partial charge on any atom is 0.163 e. The molecular formula is C31H26BrFN2O. The first-order valence-corrected chi connectivity index (χ1v) is 12.8. The van der Waals surface area contributed by atoms with Gasteiger partial charge < -0.3 is 4.42 Å². The fraction of sp³-hybridized carbons (Fsp3) is 0.194. The molecule has 180 valence electrons. The van der Waals surface area contributed by atoms with Crippen molar-refractivity contribution >= 4 is 48.9 Å². The van der Waals surface area contributed by atoms with Gasteiger partial charge in [-0.1, -0.05) is 51.1 Å². The van der Waals surface area contributed by atoms with Gasteiger partial charge in [0.25, 0.3) is 0 Å². The molecule has 4 aromatic carbocycles. The number of aromatic nitrogens is 2. The summed E-state index contributed by atoms with van der Waals surface area (Å²) in [6.07, 6.45) is 0. The van der Waals surface area contributed by atoms with Gasteiger partial charge in [0.15, 0.2) is 5.58 Å². The van der Waals surface area contributed by atoms with Gasteiger partial charge in [-0.05, 0) is 88.3 Å². The van der Waals surface area contributed by atoms with Crippen LogP contribution in [-0.4, -0.2) is 9.55 Å². The zero-order valence-electron chi connectivity index (χ0n) is 20.9. The third-order valence-corrected chi connectivity index (χ3v) is 7.79. The van der Waals surface area contributed by atoms with E-state index >= 15 is 0 Å². The third-order valence-electron chi connectivity index (χ3n) is 7.01. The summed E-state index contributed by atoms with van der Waals surface area (Å²) in [6, 6.07) is 21.9. The molecule has 0 saturated heterocycles. The molecule has 0 spiro atoms. The fourth-order valence-corrected chi connectivity index (χ4v) is 5.53. The van der Waals surface area contributed by atoms with Crippen LogP contribution in [0.25, 0.3) is 50.0 Å².